The van der Waals surface area contributed by atoms with Crippen LogP contribution in [0.1, 0.15) is 11.1 Å². The van der Waals surface area contributed by atoms with Gasteiger partial charge in [-0.3, -0.25) is 4.57 Å². The molecule has 0 spiro atoms. The van der Waals surface area contributed by atoms with Crippen molar-refractivity contribution in [2.75, 3.05) is 5.09 Å². The summed E-state index contributed by atoms with van der Waals surface area (Å²) in [6.07, 6.45) is 0. The zero-order chi connectivity index (χ0) is 22.0. The highest BCUT2D eigenvalue weighted by molar-refractivity contribution is 7.72. The van der Waals surface area contributed by atoms with Crippen molar-refractivity contribution in [1.82, 2.24) is 4.98 Å². The number of hydrogen-bond acceptors (Lipinski definition) is 5. The number of phenols is 1. The molecule has 3 aromatic carbocycles. The van der Waals surface area contributed by atoms with Crippen LogP contribution in [-0.4, -0.2) is 10.1 Å². The molecule has 0 saturated heterocycles. The summed E-state index contributed by atoms with van der Waals surface area (Å²) in [7, 11) is -3.18. The van der Waals surface area contributed by atoms with E-state index in [9.17, 15) is 9.67 Å². The highest BCUT2D eigenvalue weighted by Gasteiger charge is 2.28. The van der Waals surface area contributed by atoms with Crippen LogP contribution in [0.25, 0.3) is 22.8 Å². The third-order valence-electron chi connectivity index (χ3n) is 4.91. The van der Waals surface area contributed by atoms with E-state index in [1.54, 1.807) is 29.8 Å². The van der Waals surface area contributed by atoms with Gasteiger partial charge in [-0.25, -0.2) is 4.98 Å². The first-order valence-corrected chi connectivity index (χ1v) is 12.7. The number of phenolic OH excluding ortho intramolecular Hbond substituents is 1. The summed E-state index contributed by atoms with van der Waals surface area (Å²) < 4.78 is 20.1. The second-order valence-corrected chi connectivity index (χ2v) is 10.2. The summed E-state index contributed by atoms with van der Waals surface area (Å²) in [6.45, 7) is 0. The van der Waals surface area contributed by atoms with Gasteiger partial charge in [-0.2, -0.15) is 0 Å². The molecule has 0 amide bonds. The predicted octanol–water partition coefficient (Wildman–Crippen LogP) is 7.23. The number of thiazole rings is 1. The van der Waals surface area contributed by atoms with Crippen molar-refractivity contribution < 1.29 is 14.4 Å². The van der Waals surface area contributed by atoms with Crippen molar-refractivity contribution in [2.45, 2.75) is 0 Å². The molecule has 4 aromatic rings. The Balaban J connectivity index is 1.52. The molecule has 7 heteroatoms. The number of rotatable bonds is 5. The molecule has 1 aromatic heterocycles. The van der Waals surface area contributed by atoms with Gasteiger partial charge < -0.3 is 14.9 Å². The van der Waals surface area contributed by atoms with Crippen LogP contribution in [0, 0.1) is 0 Å². The molecular weight excluding hydrogens is 439 g/mol. The molecule has 0 unspecified atom stereocenters. The van der Waals surface area contributed by atoms with Crippen molar-refractivity contribution in [3.05, 3.63) is 113 Å². The lowest BCUT2D eigenvalue weighted by Gasteiger charge is -2.23. The fourth-order valence-corrected chi connectivity index (χ4v) is 6.23. The monoisotopic (exact) mass is 458 g/mol. The topological polar surface area (TPSA) is 71.5 Å². The molecule has 1 aliphatic rings. The van der Waals surface area contributed by atoms with Gasteiger partial charge >= 0.3 is 0 Å². The largest absolute Gasteiger partial charge is 0.507 e. The molecule has 0 radical (unpaired) electrons. The van der Waals surface area contributed by atoms with Crippen LogP contribution >= 0.6 is 18.6 Å². The maximum Gasteiger partial charge on any atom is 0.222 e. The van der Waals surface area contributed by atoms with Crippen molar-refractivity contribution in [2.24, 2.45) is 0 Å². The third-order valence-corrected chi connectivity index (χ3v) is 7.62. The van der Waals surface area contributed by atoms with Gasteiger partial charge in [0.2, 0.25) is 7.29 Å². The number of nitrogens with zero attached hydrogens (tertiary/aromatic N) is 1. The minimum atomic E-state index is -3.18. The molecule has 158 valence electrons. The maximum atomic E-state index is 14.0. The summed E-state index contributed by atoms with van der Waals surface area (Å²) in [5.74, 6) is 4.48. The molecule has 5 rings (SSSR count). The van der Waals surface area contributed by atoms with Crippen LogP contribution in [0.3, 0.4) is 0 Å². The third kappa shape index (κ3) is 4.24. The van der Waals surface area contributed by atoms with Gasteiger partial charge in [0.1, 0.15) is 17.3 Å². The lowest BCUT2D eigenvalue weighted by Crippen LogP contribution is -2.03. The lowest BCUT2D eigenvalue weighted by molar-refractivity contribution is 0.469. The Morgan fingerprint density at radius 2 is 1.38 bits per heavy atom. The normalized spacial score (nSPS) is 14.8. The molecule has 2 heterocycles. The second kappa shape index (κ2) is 8.50. The molecular formula is C25H19N2O3PS. The molecule has 1 aliphatic heterocycles. The van der Waals surface area contributed by atoms with E-state index in [1.165, 1.54) is 11.3 Å². The quantitative estimate of drug-likeness (QED) is 0.309. The van der Waals surface area contributed by atoms with E-state index >= 15 is 0 Å². The Morgan fingerprint density at radius 3 is 1.97 bits per heavy atom. The van der Waals surface area contributed by atoms with Crippen molar-refractivity contribution in [3.8, 4) is 17.0 Å². The maximum absolute atomic E-state index is 14.0. The lowest BCUT2D eigenvalue weighted by atomic mass is 10.1. The number of anilines is 1. The van der Waals surface area contributed by atoms with Crippen LogP contribution in [0.5, 0.6) is 5.75 Å². The van der Waals surface area contributed by atoms with Gasteiger partial charge in [0, 0.05) is 33.7 Å². The molecule has 2 N–H and O–H groups in total. The summed E-state index contributed by atoms with van der Waals surface area (Å²) in [4.78, 5) is 4.55. The molecule has 0 atom stereocenters. The van der Waals surface area contributed by atoms with Crippen molar-refractivity contribution in [3.63, 3.8) is 0 Å². The van der Waals surface area contributed by atoms with E-state index in [0.29, 0.717) is 27.9 Å². The van der Waals surface area contributed by atoms with Crippen LogP contribution in [-0.2, 0) is 9.30 Å². The van der Waals surface area contributed by atoms with E-state index in [4.69, 9.17) is 4.74 Å². The van der Waals surface area contributed by atoms with E-state index in [0.717, 1.165) is 11.1 Å². The van der Waals surface area contributed by atoms with Crippen LogP contribution < -0.4 is 5.09 Å². The standard InChI is InChI=1S/C25H19N2O3PS/c28-22-14-8-7-13-20(22)21-17-32-25(26-21)27-31(29)15-23(18-9-3-1-4-10-18)30-24(16-31)19-11-5-2-6-12-19/h1-17,28H,(H,26,27,29). The molecule has 5 nitrogen and oxygen atoms in total. The average Bonchev–Trinajstić information content (AvgIpc) is 3.27. The fourth-order valence-electron chi connectivity index (χ4n) is 3.38. The first-order valence-electron chi connectivity index (χ1n) is 9.96. The van der Waals surface area contributed by atoms with Gasteiger partial charge in [-0.15, -0.1) is 11.3 Å². The Morgan fingerprint density at radius 1 is 0.812 bits per heavy atom. The van der Waals surface area contributed by atoms with Crippen LogP contribution in [0.15, 0.2) is 102 Å². The highest BCUT2D eigenvalue weighted by atomic mass is 32.1. The molecule has 32 heavy (non-hydrogen) atoms. The predicted molar refractivity (Wildman–Crippen MR) is 130 cm³/mol. The smallest absolute Gasteiger partial charge is 0.222 e. The number of hydrogen-bond donors (Lipinski definition) is 2. The summed E-state index contributed by atoms with van der Waals surface area (Å²) in [5, 5.41) is 15.6. The Labute approximate surface area is 189 Å². The molecule has 0 fully saturated rings. The van der Waals surface area contributed by atoms with Crippen molar-refractivity contribution in [1.29, 1.82) is 0 Å². The number of aromatic hydroxyl groups is 1. The molecule has 0 bridgehead atoms. The van der Waals surface area contributed by atoms with E-state index in [1.807, 2.05) is 72.1 Å². The van der Waals surface area contributed by atoms with Crippen LogP contribution in [0.4, 0.5) is 5.13 Å². The first-order chi connectivity index (χ1) is 15.6. The minimum absolute atomic E-state index is 0.152. The zero-order valence-corrected chi connectivity index (χ0v) is 18.6. The molecule has 0 saturated carbocycles. The van der Waals surface area contributed by atoms with Crippen LogP contribution in [0.2, 0.25) is 0 Å². The average molecular weight is 458 g/mol. The fraction of sp³-hybridized carbons (Fsp3) is 0. The number of benzene rings is 3. The summed E-state index contributed by atoms with van der Waals surface area (Å²) >= 11 is 1.33. The number of aromatic nitrogens is 1. The van der Waals surface area contributed by atoms with Gasteiger partial charge in [0.05, 0.1) is 5.69 Å². The number of para-hydroxylation sites is 1. The Bertz CT molecular complexity index is 1300. The van der Waals surface area contributed by atoms with E-state index in [-0.39, 0.29) is 5.75 Å². The van der Waals surface area contributed by atoms with Gasteiger partial charge in [0.15, 0.2) is 5.13 Å². The number of nitrogens with one attached hydrogen (secondary N) is 1. The van der Waals surface area contributed by atoms with E-state index in [2.05, 4.69) is 10.1 Å². The number of ether oxygens (including phenoxy) is 1. The minimum Gasteiger partial charge on any atom is -0.507 e. The van der Waals surface area contributed by atoms with Gasteiger partial charge in [0.25, 0.3) is 0 Å². The first kappa shape index (κ1) is 20.3. The van der Waals surface area contributed by atoms with Crippen molar-refractivity contribution >= 4 is 35.3 Å². The highest BCUT2D eigenvalue weighted by Crippen LogP contribution is 2.56. The Kier molecular flexibility index (Phi) is 5.39. The van der Waals surface area contributed by atoms with Gasteiger partial charge in [-0.1, -0.05) is 72.8 Å². The second-order valence-electron chi connectivity index (χ2n) is 7.20. The van der Waals surface area contributed by atoms with E-state index < -0.39 is 7.29 Å². The summed E-state index contributed by atoms with van der Waals surface area (Å²) in [5.41, 5.74) is 2.92. The summed E-state index contributed by atoms with van der Waals surface area (Å²) in [6, 6.07) is 26.2. The van der Waals surface area contributed by atoms with Gasteiger partial charge in [-0.05, 0) is 12.1 Å². The SMILES string of the molecule is O=P1(Nc2nc(-c3ccccc3O)cs2)C=C(c2ccccc2)OC(c2ccccc2)=C1. The molecule has 0 aliphatic carbocycles. The Hall–Kier alpha value is -3.60. The zero-order valence-electron chi connectivity index (χ0n) is 16.9.